The van der Waals surface area contributed by atoms with Crippen molar-refractivity contribution >= 4 is 0 Å². The zero-order chi connectivity index (χ0) is 11.5. The van der Waals surface area contributed by atoms with E-state index in [1.165, 1.54) is 38.5 Å². The summed E-state index contributed by atoms with van der Waals surface area (Å²) in [5, 5.41) is 15.7. The fourth-order valence-corrected chi connectivity index (χ4v) is 2.31. The second-order valence-corrected chi connectivity index (χ2v) is 4.82. The van der Waals surface area contributed by atoms with Crippen LogP contribution >= 0.6 is 0 Å². The second-order valence-electron chi connectivity index (χ2n) is 4.82. The number of aliphatic hydroxyl groups excluding tert-OH is 1. The number of nitrogens with one attached hydrogen (secondary N) is 2. The van der Waals surface area contributed by atoms with Crippen LogP contribution in [0.15, 0.2) is 0 Å². The van der Waals surface area contributed by atoms with E-state index in [0.717, 1.165) is 38.5 Å². The molecular weight excluding hydrogens is 200 g/mol. The molecule has 1 aliphatic carbocycles. The van der Waals surface area contributed by atoms with E-state index in [9.17, 15) is 0 Å². The van der Waals surface area contributed by atoms with Crippen LogP contribution < -0.4 is 10.6 Å². The van der Waals surface area contributed by atoms with Crippen molar-refractivity contribution in [3.8, 4) is 0 Å². The van der Waals surface area contributed by atoms with Crippen molar-refractivity contribution < 1.29 is 5.11 Å². The molecule has 0 atom stereocenters. The summed E-state index contributed by atoms with van der Waals surface area (Å²) in [7, 11) is 0. The Morgan fingerprint density at radius 1 is 0.875 bits per heavy atom. The lowest BCUT2D eigenvalue weighted by atomic mass is 9.95. The Hall–Kier alpha value is -0.120. The number of hydrogen-bond donors (Lipinski definition) is 3. The van der Waals surface area contributed by atoms with Crippen molar-refractivity contribution in [2.75, 3.05) is 26.2 Å². The fraction of sp³-hybridized carbons (Fsp3) is 1.00. The summed E-state index contributed by atoms with van der Waals surface area (Å²) in [6.07, 6.45) is 10.3. The Morgan fingerprint density at radius 2 is 1.62 bits per heavy atom. The van der Waals surface area contributed by atoms with Gasteiger partial charge in [0.15, 0.2) is 0 Å². The minimum absolute atomic E-state index is 0.324. The van der Waals surface area contributed by atoms with E-state index in [2.05, 4.69) is 10.6 Å². The lowest BCUT2D eigenvalue weighted by Gasteiger charge is -2.22. The van der Waals surface area contributed by atoms with Gasteiger partial charge in [-0.1, -0.05) is 19.3 Å². The molecule has 0 radical (unpaired) electrons. The van der Waals surface area contributed by atoms with Crippen molar-refractivity contribution in [2.24, 2.45) is 0 Å². The van der Waals surface area contributed by atoms with Crippen LogP contribution in [0.3, 0.4) is 0 Å². The summed E-state index contributed by atoms with van der Waals surface area (Å²) in [6.45, 7) is 3.62. The molecule has 0 saturated heterocycles. The average Bonchev–Trinajstić information content (AvgIpc) is 2.34. The summed E-state index contributed by atoms with van der Waals surface area (Å²) < 4.78 is 0. The van der Waals surface area contributed by atoms with Gasteiger partial charge < -0.3 is 15.7 Å². The monoisotopic (exact) mass is 228 g/mol. The van der Waals surface area contributed by atoms with Gasteiger partial charge in [0.25, 0.3) is 0 Å². The van der Waals surface area contributed by atoms with Gasteiger partial charge >= 0.3 is 0 Å². The summed E-state index contributed by atoms with van der Waals surface area (Å²) in [6, 6.07) is 0.795. The number of unbranched alkanes of at least 4 members (excludes halogenated alkanes) is 1. The quantitative estimate of drug-likeness (QED) is 0.526. The first-order chi connectivity index (χ1) is 7.93. The van der Waals surface area contributed by atoms with Gasteiger partial charge in [0.05, 0.1) is 0 Å². The Labute approximate surface area is 100 Å². The van der Waals surface area contributed by atoms with Crippen LogP contribution in [0.25, 0.3) is 0 Å². The summed E-state index contributed by atoms with van der Waals surface area (Å²) in [5.41, 5.74) is 0. The van der Waals surface area contributed by atoms with Crippen LogP contribution in [-0.4, -0.2) is 37.4 Å². The molecule has 0 bridgehead atoms. The summed E-state index contributed by atoms with van der Waals surface area (Å²) >= 11 is 0. The van der Waals surface area contributed by atoms with Gasteiger partial charge in [-0.3, -0.25) is 0 Å². The van der Waals surface area contributed by atoms with Crippen LogP contribution in [-0.2, 0) is 0 Å². The molecule has 16 heavy (non-hydrogen) atoms. The maximum absolute atomic E-state index is 8.61. The smallest absolute Gasteiger partial charge is 0.0431 e. The molecule has 1 aliphatic rings. The Morgan fingerprint density at radius 3 is 2.38 bits per heavy atom. The molecule has 0 aromatic carbocycles. The van der Waals surface area contributed by atoms with Gasteiger partial charge in [-0.25, -0.2) is 0 Å². The van der Waals surface area contributed by atoms with E-state index in [1.54, 1.807) is 0 Å². The SMILES string of the molecule is OCCCCNCCCNC1CCCCC1. The van der Waals surface area contributed by atoms with Crippen molar-refractivity contribution in [3.05, 3.63) is 0 Å². The van der Waals surface area contributed by atoms with Crippen LogP contribution in [0.4, 0.5) is 0 Å². The van der Waals surface area contributed by atoms with E-state index in [4.69, 9.17) is 5.11 Å². The fourth-order valence-electron chi connectivity index (χ4n) is 2.31. The minimum atomic E-state index is 0.324. The highest BCUT2D eigenvalue weighted by atomic mass is 16.2. The topological polar surface area (TPSA) is 44.3 Å². The third-order valence-corrected chi connectivity index (χ3v) is 3.33. The van der Waals surface area contributed by atoms with Crippen molar-refractivity contribution in [1.29, 1.82) is 0 Å². The Balaban J connectivity index is 1.77. The lowest BCUT2D eigenvalue weighted by molar-refractivity contribution is 0.283. The first kappa shape index (κ1) is 13.9. The predicted octanol–water partition coefficient (Wildman–Crippen LogP) is 1.66. The Kier molecular flexibility index (Phi) is 8.77. The zero-order valence-electron chi connectivity index (χ0n) is 10.5. The highest BCUT2D eigenvalue weighted by Crippen LogP contribution is 2.16. The first-order valence-electron chi connectivity index (χ1n) is 6.98. The Bertz CT molecular complexity index is 147. The van der Waals surface area contributed by atoms with Crippen molar-refractivity contribution in [3.63, 3.8) is 0 Å². The summed E-state index contributed by atoms with van der Waals surface area (Å²) in [4.78, 5) is 0. The second kappa shape index (κ2) is 10.1. The minimum Gasteiger partial charge on any atom is -0.396 e. The molecule has 0 spiro atoms. The lowest BCUT2D eigenvalue weighted by Crippen LogP contribution is -2.33. The largest absolute Gasteiger partial charge is 0.396 e. The van der Waals surface area contributed by atoms with Gasteiger partial charge in [-0.15, -0.1) is 0 Å². The maximum Gasteiger partial charge on any atom is 0.0431 e. The van der Waals surface area contributed by atoms with Crippen LogP contribution in [0.2, 0.25) is 0 Å². The normalized spacial score (nSPS) is 17.8. The molecule has 1 fully saturated rings. The molecule has 0 aromatic heterocycles. The van der Waals surface area contributed by atoms with Gasteiger partial charge in [0.1, 0.15) is 0 Å². The number of rotatable bonds is 9. The third kappa shape index (κ3) is 7.20. The van der Waals surface area contributed by atoms with E-state index in [1.807, 2.05) is 0 Å². The van der Waals surface area contributed by atoms with E-state index in [-0.39, 0.29) is 0 Å². The molecule has 3 nitrogen and oxygen atoms in total. The van der Waals surface area contributed by atoms with E-state index in [0.29, 0.717) is 6.61 Å². The molecule has 3 heteroatoms. The van der Waals surface area contributed by atoms with Gasteiger partial charge in [0.2, 0.25) is 0 Å². The molecule has 3 N–H and O–H groups in total. The predicted molar refractivity (Wildman–Crippen MR) is 68.7 cm³/mol. The van der Waals surface area contributed by atoms with Gasteiger partial charge in [0, 0.05) is 12.6 Å². The van der Waals surface area contributed by atoms with Gasteiger partial charge in [-0.2, -0.15) is 0 Å². The first-order valence-corrected chi connectivity index (χ1v) is 6.98. The van der Waals surface area contributed by atoms with E-state index >= 15 is 0 Å². The molecular formula is C13H28N2O. The highest BCUT2D eigenvalue weighted by molar-refractivity contribution is 4.71. The van der Waals surface area contributed by atoms with E-state index < -0.39 is 0 Å². The third-order valence-electron chi connectivity index (χ3n) is 3.33. The molecule has 0 unspecified atom stereocenters. The summed E-state index contributed by atoms with van der Waals surface area (Å²) in [5.74, 6) is 0. The number of hydrogen-bond acceptors (Lipinski definition) is 3. The number of aliphatic hydroxyl groups is 1. The van der Waals surface area contributed by atoms with Crippen molar-refractivity contribution in [2.45, 2.75) is 57.4 Å². The molecule has 1 rings (SSSR count). The van der Waals surface area contributed by atoms with Crippen molar-refractivity contribution in [1.82, 2.24) is 10.6 Å². The standard InChI is InChI=1S/C13H28N2O/c16-12-5-4-9-14-10-6-11-15-13-7-2-1-3-8-13/h13-16H,1-12H2. The molecule has 1 saturated carbocycles. The highest BCUT2D eigenvalue weighted by Gasteiger charge is 2.11. The molecule has 0 heterocycles. The molecule has 0 amide bonds. The van der Waals surface area contributed by atoms with Crippen LogP contribution in [0, 0.1) is 0 Å². The molecule has 0 aliphatic heterocycles. The van der Waals surface area contributed by atoms with Crippen LogP contribution in [0.1, 0.15) is 51.4 Å². The van der Waals surface area contributed by atoms with Gasteiger partial charge in [-0.05, 0) is 51.7 Å². The maximum atomic E-state index is 8.61. The average molecular weight is 228 g/mol. The zero-order valence-corrected chi connectivity index (χ0v) is 10.5. The van der Waals surface area contributed by atoms with Crippen LogP contribution in [0.5, 0.6) is 0 Å². The molecule has 0 aromatic rings. The molecule has 96 valence electrons.